The van der Waals surface area contributed by atoms with E-state index in [2.05, 4.69) is 15.4 Å². The molecule has 140 valence electrons. The molecule has 0 atom stereocenters. The molecule has 0 saturated carbocycles. The summed E-state index contributed by atoms with van der Waals surface area (Å²) in [4.78, 5) is 27.4. The van der Waals surface area contributed by atoms with Gasteiger partial charge in [0.15, 0.2) is 5.65 Å². The molecule has 1 aliphatic rings. The monoisotopic (exact) mass is 370 g/mol. The largest absolute Gasteiger partial charge is 0.388 e. The summed E-state index contributed by atoms with van der Waals surface area (Å²) in [7, 11) is 0. The minimum Gasteiger partial charge on any atom is -0.388 e. The summed E-state index contributed by atoms with van der Waals surface area (Å²) in [5.74, 6) is 0. The fourth-order valence-corrected chi connectivity index (χ4v) is 3.33. The average molecular weight is 370 g/mol. The average Bonchev–Trinajstić information content (AvgIpc) is 3.09. The maximum absolute atomic E-state index is 12.8. The van der Waals surface area contributed by atoms with Crippen LogP contribution in [-0.4, -0.2) is 48.1 Å². The summed E-state index contributed by atoms with van der Waals surface area (Å²) in [5.41, 5.74) is -0.306. The smallest absolute Gasteiger partial charge is 0.269 e. The standard InChI is InChI=1S/C17H18N6O4/c24-16-14-9-20-22(12-1-3-13(4-2-12)23(26)27)15(14)19-11-21(16)10-17(25)5-7-18-8-6-17/h1-4,9,11,18,25H,5-8,10H2. The Morgan fingerprint density at radius 1 is 1.26 bits per heavy atom. The minimum atomic E-state index is -0.932. The van der Waals surface area contributed by atoms with Gasteiger partial charge in [0.2, 0.25) is 0 Å². The highest BCUT2D eigenvalue weighted by atomic mass is 16.6. The van der Waals surface area contributed by atoms with Gasteiger partial charge in [0.1, 0.15) is 11.7 Å². The Hall–Kier alpha value is -3.11. The molecule has 0 bridgehead atoms. The van der Waals surface area contributed by atoms with E-state index in [1.807, 2.05) is 0 Å². The molecule has 3 heterocycles. The third-order valence-electron chi connectivity index (χ3n) is 4.86. The number of aromatic nitrogens is 4. The van der Waals surface area contributed by atoms with E-state index >= 15 is 0 Å². The molecule has 27 heavy (non-hydrogen) atoms. The third kappa shape index (κ3) is 3.20. The summed E-state index contributed by atoms with van der Waals surface area (Å²) in [6, 6.07) is 5.85. The van der Waals surface area contributed by atoms with Gasteiger partial charge in [0.05, 0.1) is 29.0 Å². The number of piperidine rings is 1. The summed E-state index contributed by atoms with van der Waals surface area (Å²) in [5, 5.41) is 29.2. The van der Waals surface area contributed by atoms with Gasteiger partial charge in [0.25, 0.3) is 11.2 Å². The number of nitro benzene ring substituents is 1. The number of nitrogens with one attached hydrogen (secondary N) is 1. The van der Waals surface area contributed by atoms with Gasteiger partial charge in [-0.2, -0.15) is 5.10 Å². The molecule has 0 aliphatic carbocycles. The SMILES string of the molecule is O=c1c2cnn(-c3ccc([N+](=O)[O-])cc3)c2ncn1CC1(O)CCNCC1. The zero-order valence-corrected chi connectivity index (χ0v) is 14.4. The second kappa shape index (κ2) is 6.56. The molecular weight excluding hydrogens is 352 g/mol. The van der Waals surface area contributed by atoms with Crippen molar-refractivity contribution in [1.82, 2.24) is 24.6 Å². The van der Waals surface area contributed by atoms with E-state index < -0.39 is 10.5 Å². The first-order chi connectivity index (χ1) is 13.0. The van der Waals surface area contributed by atoms with Crippen molar-refractivity contribution in [3.63, 3.8) is 0 Å². The van der Waals surface area contributed by atoms with Gasteiger partial charge in [-0.05, 0) is 38.1 Å². The van der Waals surface area contributed by atoms with Crippen molar-refractivity contribution in [3.8, 4) is 5.69 Å². The highest BCUT2D eigenvalue weighted by Crippen LogP contribution is 2.21. The van der Waals surface area contributed by atoms with Crippen LogP contribution >= 0.6 is 0 Å². The van der Waals surface area contributed by atoms with E-state index in [4.69, 9.17) is 0 Å². The van der Waals surface area contributed by atoms with Crippen LogP contribution in [-0.2, 0) is 6.54 Å². The van der Waals surface area contributed by atoms with Crippen molar-refractivity contribution in [1.29, 1.82) is 0 Å². The number of benzene rings is 1. The molecule has 2 aromatic heterocycles. The lowest BCUT2D eigenvalue weighted by Gasteiger charge is -2.32. The maximum atomic E-state index is 12.8. The van der Waals surface area contributed by atoms with Crippen LogP contribution in [0.3, 0.4) is 0 Å². The highest BCUT2D eigenvalue weighted by Gasteiger charge is 2.30. The molecule has 2 N–H and O–H groups in total. The fourth-order valence-electron chi connectivity index (χ4n) is 3.33. The summed E-state index contributed by atoms with van der Waals surface area (Å²) in [6.07, 6.45) is 3.97. The normalized spacial score (nSPS) is 16.5. The minimum absolute atomic E-state index is 0.0271. The van der Waals surface area contributed by atoms with Crippen LogP contribution in [0.2, 0.25) is 0 Å². The Kier molecular flexibility index (Phi) is 4.21. The molecule has 3 aromatic rings. The maximum Gasteiger partial charge on any atom is 0.269 e. The topological polar surface area (TPSA) is 128 Å². The number of nitrogens with zero attached hydrogens (tertiary/aromatic N) is 5. The molecule has 10 heteroatoms. The number of aliphatic hydroxyl groups is 1. The van der Waals surface area contributed by atoms with Crippen LogP contribution in [0.15, 0.2) is 41.6 Å². The van der Waals surface area contributed by atoms with Crippen LogP contribution in [0.5, 0.6) is 0 Å². The number of hydrogen-bond acceptors (Lipinski definition) is 7. The molecule has 1 aromatic carbocycles. The number of rotatable bonds is 4. The van der Waals surface area contributed by atoms with Gasteiger partial charge < -0.3 is 10.4 Å². The lowest BCUT2D eigenvalue weighted by atomic mass is 9.92. The molecule has 1 aliphatic heterocycles. The molecule has 0 amide bonds. The van der Waals surface area contributed by atoms with Crippen LogP contribution in [0.4, 0.5) is 5.69 Å². The fraction of sp³-hybridized carbons (Fsp3) is 0.353. The Morgan fingerprint density at radius 2 is 1.96 bits per heavy atom. The molecule has 1 saturated heterocycles. The van der Waals surface area contributed by atoms with Crippen LogP contribution in [0, 0.1) is 10.1 Å². The first-order valence-corrected chi connectivity index (χ1v) is 8.58. The second-order valence-corrected chi connectivity index (χ2v) is 6.72. The Bertz CT molecular complexity index is 1050. The number of fused-ring (bicyclic) bond motifs is 1. The van der Waals surface area contributed by atoms with E-state index in [0.717, 1.165) is 0 Å². The summed E-state index contributed by atoms with van der Waals surface area (Å²) in [6.45, 7) is 1.59. The number of hydrogen-bond donors (Lipinski definition) is 2. The van der Waals surface area contributed by atoms with Crippen LogP contribution in [0.25, 0.3) is 16.7 Å². The second-order valence-electron chi connectivity index (χ2n) is 6.72. The van der Waals surface area contributed by atoms with Crippen molar-refractivity contribution in [2.75, 3.05) is 13.1 Å². The zero-order valence-electron chi connectivity index (χ0n) is 14.4. The molecule has 1 fully saturated rings. The number of non-ortho nitro benzene ring substituents is 1. The van der Waals surface area contributed by atoms with Crippen molar-refractivity contribution >= 4 is 16.7 Å². The molecule has 4 rings (SSSR count). The highest BCUT2D eigenvalue weighted by molar-refractivity contribution is 5.75. The lowest BCUT2D eigenvalue weighted by Crippen LogP contribution is -2.46. The first kappa shape index (κ1) is 17.3. The lowest BCUT2D eigenvalue weighted by molar-refractivity contribution is -0.384. The zero-order chi connectivity index (χ0) is 19.0. The molecule has 0 unspecified atom stereocenters. The van der Waals surface area contributed by atoms with Crippen molar-refractivity contribution < 1.29 is 10.0 Å². The van der Waals surface area contributed by atoms with Crippen molar-refractivity contribution in [2.24, 2.45) is 0 Å². The van der Waals surface area contributed by atoms with Gasteiger partial charge in [-0.25, -0.2) is 9.67 Å². The van der Waals surface area contributed by atoms with Gasteiger partial charge in [-0.3, -0.25) is 19.5 Å². The summed E-state index contributed by atoms with van der Waals surface area (Å²) < 4.78 is 2.87. The summed E-state index contributed by atoms with van der Waals surface area (Å²) >= 11 is 0. The van der Waals surface area contributed by atoms with Gasteiger partial charge in [-0.1, -0.05) is 0 Å². The third-order valence-corrected chi connectivity index (χ3v) is 4.86. The Morgan fingerprint density at radius 3 is 2.63 bits per heavy atom. The van der Waals surface area contributed by atoms with E-state index in [1.54, 1.807) is 12.1 Å². The van der Waals surface area contributed by atoms with Crippen LogP contribution < -0.4 is 10.9 Å². The van der Waals surface area contributed by atoms with E-state index in [9.17, 15) is 20.0 Å². The van der Waals surface area contributed by atoms with Crippen molar-refractivity contribution in [3.05, 3.63) is 57.3 Å². The van der Waals surface area contributed by atoms with Gasteiger partial charge in [-0.15, -0.1) is 0 Å². The Balaban J connectivity index is 1.69. The molecular formula is C17H18N6O4. The predicted octanol–water partition coefficient (Wildman–Crippen LogP) is 0.605. The van der Waals surface area contributed by atoms with Crippen molar-refractivity contribution in [2.45, 2.75) is 25.0 Å². The molecule has 10 nitrogen and oxygen atoms in total. The Labute approximate surface area is 153 Å². The first-order valence-electron chi connectivity index (χ1n) is 8.58. The quantitative estimate of drug-likeness (QED) is 0.508. The molecule has 0 radical (unpaired) electrons. The van der Waals surface area contributed by atoms with Gasteiger partial charge >= 0.3 is 0 Å². The molecule has 0 spiro atoms. The number of nitro groups is 1. The van der Waals surface area contributed by atoms with E-state index in [1.165, 1.54) is 33.9 Å². The van der Waals surface area contributed by atoms with Gasteiger partial charge in [0, 0.05) is 12.1 Å². The van der Waals surface area contributed by atoms with Crippen LogP contribution in [0.1, 0.15) is 12.8 Å². The van der Waals surface area contributed by atoms with E-state index in [0.29, 0.717) is 42.7 Å². The predicted molar refractivity (Wildman–Crippen MR) is 96.8 cm³/mol. The van der Waals surface area contributed by atoms with E-state index in [-0.39, 0.29) is 17.8 Å².